The molecule has 0 fully saturated rings. The van der Waals surface area contributed by atoms with E-state index in [2.05, 4.69) is 36.6 Å². The van der Waals surface area contributed by atoms with Gasteiger partial charge in [-0.25, -0.2) is 4.98 Å². The molecule has 1 heterocycles. The van der Waals surface area contributed by atoms with Gasteiger partial charge in [0.2, 0.25) is 0 Å². The number of guanidine groups is 1. The van der Waals surface area contributed by atoms with Gasteiger partial charge in [0.1, 0.15) is 16.9 Å². The molecule has 1 unspecified atom stereocenters. The molecule has 6 nitrogen and oxygen atoms in total. The maximum atomic E-state index is 5.42. The van der Waals surface area contributed by atoms with E-state index in [0.29, 0.717) is 13.1 Å². The first kappa shape index (κ1) is 20.7. The molecule has 0 bridgehead atoms. The minimum absolute atomic E-state index is 0.0143. The zero-order valence-corrected chi connectivity index (χ0v) is 18.1. The van der Waals surface area contributed by atoms with E-state index in [4.69, 9.17) is 9.47 Å². The van der Waals surface area contributed by atoms with Gasteiger partial charge in [-0.1, -0.05) is 15.9 Å². The van der Waals surface area contributed by atoms with E-state index in [-0.39, 0.29) is 6.10 Å². The summed E-state index contributed by atoms with van der Waals surface area (Å²) in [5.74, 6) is 1.64. The van der Waals surface area contributed by atoms with Crippen LogP contribution in [0.4, 0.5) is 0 Å². The number of halogens is 1. The topological polar surface area (TPSA) is 59.0 Å². The summed E-state index contributed by atoms with van der Waals surface area (Å²) in [6.45, 7) is 3.28. The number of ether oxygens (including phenoxy) is 2. The van der Waals surface area contributed by atoms with Gasteiger partial charge in [0.15, 0.2) is 5.96 Å². The second-order valence-electron chi connectivity index (χ2n) is 5.77. The van der Waals surface area contributed by atoms with Crippen molar-refractivity contribution in [2.24, 2.45) is 4.99 Å². The van der Waals surface area contributed by atoms with Crippen LogP contribution in [0.25, 0.3) is 0 Å². The number of thiazole rings is 1. The molecule has 1 aromatic carbocycles. The highest BCUT2D eigenvalue weighted by Crippen LogP contribution is 2.23. The van der Waals surface area contributed by atoms with E-state index in [1.165, 1.54) is 0 Å². The van der Waals surface area contributed by atoms with Crippen LogP contribution in [0, 0.1) is 0 Å². The van der Waals surface area contributed by atoms with E-state index in [1.807, 2.05) is 37.1 Å². The summed E-state index contributed by atoms with van der Waals surface area (Å²) < 4.78 is 11.8. The van der Waals surface area contributed by atoms with E-state index in [9.17, 15) is 0 Å². The van der Waals surface area contributed by atoms with Crippen molar-refractivity contribution in [2.75, 3.05) is 28.3 Å². The van der Waals surface area contributed by atoms with Crippen LogP contribution < -0.4 is 10.1 Å². The van der Waals surface area contributed by atoms with Crippen LogP contribution in [0.1, 0.15) is 29.3 Å². The van der Waals surface area contributed by atoms with Crippen LogP contribution in [0.5, 0.6) is 5.75 Å². The number of hydrogen-bond donors (Lipinski definition) is 1. The number of aromatic nitrogens is 1. The van der Waals surface area contributed by atoms with Gasteiger partial charge in [-0.3, -0.25) is 4.99 Å². The maximum Gasteiger partial charge on any atom is 0.194 e. The highest BCUT2D eigenvalue weighted by molar-refractivity contribution is 9.10. The predicted octanol–water partition coefficient (Wildman–Crippen LogP) is 3.83. The third-order valence-electron chi connectivity index (χ3n) is 3.92. The molecule has 1 aromatic heterocycles. The number of hydrogen-bond acceptors (Lipinski definition) is 5. The Balaban J connectivity index is 2.00. The standard InChI is InChI=1S/C18H25BrN4O2S/c1-12(24-4)17-22-15(11-26-17)10-23(3)18(20-2)21-9-13-8-14(19)6-7-16(13)25-5/h6-8,11-12H,9-10H2,1-5H3,(H,20,21). The lowest BCUT2D eigenvalue weighted by molar-refractivity contribution is 0.119. The number of nitrogens with one attached hydrogen (secondary N) is 1. The van der Waals surface area contributed by atoms with Crippen molar-refractivity contribution in [3.05, 3.63) is 44.3 Å². The van der Waals surface area contributed by atoms with Gasteiger partial charge in [0.05, 0.1) is 19.3 Å². The van der Waals surface area contributed by atoms with Crippen molar-refractivity contribution in [3.8, 4) is 5.75 Å². The van der Waals surface area contributed by atoms with Crippen LogP contribution in [-0.4, -0.2) is 44.2 Å². The van der Waals surface area contributed by atoms with Crippen molar-refractivity contribution in [2.45, 2.75) is 26.1 Å². The number of rotatable bonds is 7. The van der Waals surface area contributed by atoms with Crippen LogP contribution in [-0.2, 0) is 17.8 Å². The maximum absolute atomic E-state index is 5.42. The molecule has 0 amide bonds. The van der Waals surface area contributed by atoms with Crippen LogP contribution in [0.3, 0.4) is 0 Å². The highest BCUT2D eigenvalue weighted by Gasteiger charge is 2.13. The normalized spacial score (nSPS) is 12.8. The van der Waals surface area contributed by atoms with E-state index >= 15 is 0 Å². The summed E-state index contributed by atoms with van der Waals surface area (Å²) in [6, 6.07) is 5.95. The lowest BCUT2D eigenvalue weighted by Gasteiger charge is -2.21. The third-order valence-corrected chi connectivity index (χ3v) is 5.47. The monoisotopic (exact) mass is 440 g/mol. The molecule has 0 saturated heterocycles. The lowest BCUT2D eigenvalue weighted by Crippen LogP contribution is -2.38. The van der Waals surface area contributed by atoms with Crippen molar-refractivity contribution < 1.29 is 9.47 Å². The summed E-state index contributed by atoms with van der Waals surface area (Å²) in [5, 5.41) is 6.42. The minimum atomic E-state index is 0.0143. The second kappa shape index (κ2) is 9.89. The van der Waals surface area contributed by atoms with Gasteiger partial charge in [-0.05, 0) is 25.1 Å². The summed E-state index contributed by atoms with van der Waals surface area (Å²) in [5.41, 5.74) is 2.06. The molecule has 0 aliphatic carbocycles. The summed E-state index contributed by atoms with van der Waals surface area (Å²) in [6.07, 6.45) is 0.0143. The molecular formula is C18H25BrN4O2S. The molecule has 2 rings (SSSR count). The summed E-state index contributed by atoms with van der Waals surface area (Å²) in [4.78, 5) is 11.0. The lowest BCUT2D eigenvalue weighted by atomic mass is 10.2. The number of benzene rings is 1. The van der Waals surface area contributed by atoms with E-state index in [1.54, 1.807) is 32.6 Å². The fourth-order valence-electron chi connectivity index (χ4n) is 2.44. The zero-order valence-electron chi connectivity index (χ0n) is 15.7. The first-order chi connectivity index (χ1) is 12.5. The fraction of sp³-hybridized carbons (Fsp3) is 0.444. The molecule has 8 heteroatoms. The Bertz CT molecular complexity index is 751. The summed E-state index contributed by atoms with van der Waals surface area (Å²) >= 11 is 5.12. The molecule has 26 heavy (non-hydrogen) atoms. The Morgan fingerprint density at radius 1 is 1.42 bits per heavy atom. The zero-order chi connectivity index (χ0) is 19.1. The average Bonchev–Trinajstić information content (AvgIpc) is 3.10. The van der Waals surface area contributed by atoms with Crippen molar-refractivity contribution >= 4 is 33.2 Å². The molecule has 2 aromatic rings. The van der Waals surface area contributed by atoms with Crippen LogP contribution in [0.2, 0.25) is 0 Å². The first-order valence-electron chi connectivity index (χ1n) is 8.19. The quantitative estimate of drug-likeness (QED) is 0.523. The van der Waals surface area contributed by atoms with Crippen molar-refractivity contribution in [1.82, 2.24) is 15.2 Å². The summed E-state index contributed by atoms with van der Waals surface area (Å²) in [7, 11) is 7.14. The van der Waals surface area contributed by atoms with Gasteiger partial charge in [0.25, 0.3) is 0 Å². The van der Waals surface area contributed by atoms with Gasteiger partial charge < -0.3 is 19.7 Å². The smallest absolute Gasteiger partial charge is 0.194 e. The molecule has 0 aliphatic heterocycles. The molecule has 0 aliphatic rings. The average molecular weight is 441 g/mol. The molecule has 0 spiro atoms. The van der Waals surface area contributed by atoms with Gasteiger partial charge in [-0.2, -0.15) is 0 Å². The van der Waals surface area contributed by atoms with Crippen molar-refractivity contribution in [3.63, 3.8) is 0 Å². The largest absolute Gasteiger partial charge is 0.496 e. The van der Waals surface area contributed by atoms with Gasteiger partial charge >= 0.3 is 0 Å². The molecule has 142 valence electrons. The van der Waals surface area contributed by atoms with Crippen LogP contribution in [0.15, 0.2) is 33.0 Å². The third kappa shape index (κ3) is 5.43. The predicted molar refractivity (Wildman–Crippen MR) is 110 cm³/mol. The minimum Gasteiger partial charge on any atom is -0.496 e. The SMILES string of the molecule is CN=C(NCc1cc(Br)ccc1OC)N(C)Cc1csc(C(C)OC)n1. The first-order valence-corrected chi connectivity index (χ1v) is 9.87. The fourth-order valence-corrected chi connectivity index (χ4v) is 3.70. The van der Waals surface area contributed by atoms with Gasteiger partial charge in [0, 0.05) is 43.2 Å². The number of methoxy groups -OCH3 is 2. The second-order valence-corrected chi connectivity index (χ2v) is 7.57. The molecule has 0 radical (unpaired) electrons. The number of aliphatic imine (C=N–C) groups is 1. The Labute approximate surface area is 167 Å². The van der Waals surface area contributed by atoms with Crippen molar-refractivity contribution in [1.29, 1.82) is 0 Å². The van der Waals surface area contributed by atoms with Crippen LogP contribution >= 0.6 is 27.3 Å². The van der Waals surface area contributed by atoms with E-state index in [0.717, 1.165) is 32.4 Å². The van der Waals surface area contributed by atoms with E-state index < -0.39 is 0 Å². The molecule has 0 saturated carbocycles. The molecule has 1 N–H and O–H groups in total. The Morgan fingerprint density at radius 2 is 2.19 bits per heavy atom. The molecular weight excluding hydrogens is 416 g/mol. The molecule has 1 atom stereocenters. The Kier molecular flexibility index (Phi) is 7.86. The Morgan fingerprint density at radius 3 is 2.85 bits per heavy atom. The van der Waals surface area contributed by atoms with Gasteiger partial charge in [-0.15, -0.1) is 11.3 Å². The highest BCUT2D eigenvalue weighted by atomic mass is 79.9. The number of nitrogens with zero attached hydrogens (tertiary/aromatic N) is 3. The Hall–Kier alpha value is -1.64.